The molecule has 0 saturated carbocycles. The number of aromatic nitrogens is 4. The lowest BCUT2D eigenvalue weighted by Gasteiger charge is -2.08. The van der Waals surface area contributed by atoms with Crippen molar-refractivity contribution in [2.75, 3.05) is 0 Å². The van der Waals surface area contributed by atoms with Crippen LogP contribution >= 0.6 is 11.8 Å². The second-order valence-electron chi connectivity index (χ2n) is 5.13. The van der Waals surface area contributed by atoms with Crippen LogP contribution in [-0.2, 0) is 11.9 Å². The fourth-order valence-corrected chi connectivity index (χ4v) is 3.03. The molecule has 3 rings (SSSR count). The van der Waals surface area contributed by atoms with Gasteiger partial charge < -0.3 is 0 Å². The van der Waals surface area contributed by atoms with E-state index in [1.54, 1.807) is 6.20 Å². The second-order valence-corrected chi connectivity index (χ2v) is 6.07. The number of aryl methyl sites for hydroxylation is 2. The fourth-order valence-electron chi connectivity index (χ4n) is 2.10. The first-order valence-corrected chi connectivity index (χ1v) is 7.81. The zero-order valence-electron chi connectivity index (χ0n) is 12.4. The van der Waals surface area contributed by atoms with E-state index in [0.29, 0.717) is 16.7 Å². The first-order valence-electron chi connectivity index (χ1n) is 6.82. The normalized spacial score (nSPS) is 12.0. The molecule has 0 fully saturated rings. The van der Waals surface area contributed by atoms with E-state index >= 15 is 0 Å². The quantitative estimate of drug-likeness (QED) is 0.676. The Hall–Kier alpha value is -2.09. The van der Waals surface area contributed by atoms with E-state index in [4.69, 9.17) is 0 Å². The third kappa shape index (κ3) is 3.17. The predicted molar refractivity (Wildman–Crippen MR) is 81.3 cm³/mol. The Balaban J connectivity index is 1.80. The first-order chi connectivity index (χ1) is 10.9. The summed E-state index contributed by atoms with van der Waals surface area (Å²) in [6.07, 6.45) is -2.57. The Kier molecular flexibility index (Phi) is 4.01. The van der Waals surface area contributed by atoms with Gasteiger partial charge in [0.15, 0.2) is 5.16 Å². The lowest BCUT2D eigenvalue weighted by Crippen LogP contribution is -2.04. The second kappa shape index (κ2) is 5.84. The number of rotatable bonds is 3. The summed E-state index contributed by atoms with van der Waals surface area (Å²) in [7, 11) is 0. The molecule has 0 bridgehead atoms. The number of hydrogen-bond acceptors (Lipinski definition) is 4. The largest absolute Gasteiger partial charge is 0.416 e. The van der Waals surface area contributed by atoms with E-state index in [2.05, 4.69) is 15.2 Å². The summed E-state index contributed by atoms with van der Waals surface area (Å²) < 4.78 is 39.5. The molecule has 1 aromatic carbocycles. The van der Waals surface area contributed by atoms with Crippen LogP contribution in [0.5, 0.6) is 0 Å². The van der Waals surface area contributed by atoms with E-state index in [0.717, 1.165) is 29.0 Å². The standard InChI is InChI=1S/C15H13F3N4S/c1-9-7-19-13-20-21-14(22(13)10(9)2)23-8-11-3-5-12(6-4-11)15(16,17)18/h3-7H,8H2,1-2H3. The molecule has 0 unspecified atom stereocenters. The highest BCUT2D eigenvalue weighted by atomic mass is 32.2. The van der Waals surface area contributed by atoms with Crippen molar-refractivity contribution < 1.29 is 13.2 Å². The number of alkyl halides is 3. The van der Waals surface area contributed by atoms with Crippen molar-refractivity contribution in [3.05, 3.63) is 52.8 Å². The van der Waals surface area contributed by atoms with Gasteiger partial charge in [0.05, 0.1) is 5.56 Å². The Morgan fingerprint density at radius 1 is 1.09 bits per heavy atom. The average molecular weight is 338 g/mol. The Morgan fingerprint density at radius 3 is 2.43 bits per heavy atom. The highest BCUT2D eigenvalue weighted by Crippen LogP contribution is 2.30. The van der Waals surface area contributed by atoms with Gasteiger partial charge in [0.1, 0.15) is 0 Å². The van der Waals surface area contributed by atoms with E-state index < -0.39 is 11.7 Å². The van der Waals surface area contributed by atoms with Gasteiger partial charge in [0.2, 0.25) is 0 Å². The molecule has 0 aliphatic rings. The zero-order valence-corrected chi connectivity index (χ0v) is 13.2. The van der Waals surface area contributed by atoms with Gasteiger partial charge in [-0.25, -0.2) is 4.98 Å². The first kappa shape index (κ1) is 15.8. The van der Waals surface area contributed by atoms with E-state index in [1.807, 2.05) is 18.2 Å². The predicted octanol–water partition coefficient (Wildman–Crippen LogP) is 4.05. The van der Waals surface area contributed by atoms with E-state index in [1.165, 1.54) is 23.9 Å². The van der Waals surface area contributed by atoms with Gasteiger partial charge in [-0.2, -0.15) is 13.2 Å². The van der Waals surface area contributed by atoms with Gasteiger partial charge >= 0.3 is 6.18 Å². The van der Waals surface area contributed by atoms with Crippen LogP contribution in [0.3, 0.4) is 0 Å². The average Bonchev–Trinajstić information content (AvgIpc) is 2.92. The molecular formula is C15H13F3N4S. The molecule has 120 valence electrons. The lowest BCUT2D eigenvalue weighted by atomic mass is 10.1. The molecule has 0 aliphatic carbocycles. The summed E-state index contributed by atoms with van der Waals surface area (Å²) in [5.41, 5.74) is 2.16. The fraction of sp³-hybridized carbons (Fsp3) is 0.267. The highest BCUT2D eigenvalue weighted by molar-refractivity contribution is 7.98. The number of halogens is 3. The van der Waals surface area contributed by atoms with E-state index in [9.17, 15) is 13.2 Å². The summed E-state index contributed by atoms with van der Waals surface area (Å²) >= 11 is 1.41. The molecule has 0 atom stereocenters. The number of benzene rings is 1. The Morgan fingerprint density at radius 2 is 1.78 bits per heavy atom. The minimum absolute atomic E-state index is 0.506. The molecular weight excluding hydrogens is 325 g/mol. The number of thioether (sulfide) groups is 1. The number of fused-ring (bicyclic) bond motifs is 1. The van der Waals surface area contributed by atoms with Gasteiger partial charge in [-0.05, 0) is 37.1 Å². The summed E-state index contributed by atoms with van der Waals surface area (Å²) in [5.74, 6) is 1.02. The third-order valence-corrected chi connectivity index (χ3v) is 4.55. The van der Waals surface area contributed by atoms with Gasteiger partial charge in [0, 0.05) is 17.6 Å². The van der Waals surface area contributed by atoms with Crippen LogP contribution in [0, 0.1) is 13.8 Å². The van der Waals surface area contributed by atoms with Gasteiger partial charge in [-0.1, -0.05) is 23.9 Å². The van der Waals surface area contributed by atoms with Crippen molar-refractivity contribution in [3.63, 3.8) is 0 Å². The molecule has 0 N–H and O–H groups in total. The molecule has 0 radical (unpaired) electrons. The van der Waals surface area contributed by atoms with Crippen LogP contribution in [0.2, 0.25) is 0 Å². The van der Waals surface area contributed by atoms with Crippen molar-refractivity contribution in [1.82, 2.24) is 19.6 Å². The molecule has 3 aromatic rings. The maximum Gasteiger partial charge on any atom is 0.416 e. The van der Waals surface area contributed by atoms with Crippen LogP contribution in [0.15, 0.2) is 35.6 Å². The van der Waals surface area contributed by atoms with Crippen molar-refractivity contribution in [2.45, 2.75) is 30.9 Å². The van der Waals surface area contributed by atoms with Crippen LogP contribution in [0.1, 0.15) is 22.4 Å². The van der Waals surface area contributed by atoms with Crippen LogP contribution < -0.4 is 0 Å². The molecule has 0 spiro atoms. The highest BCUT2D eigenvalue weighted by Gasteiger charge is 2.29. The summed E-state index contributed by atoms with van der Waals surface area (Å²) in [5, 5.41) is 8.79. The Bertz CT molecular complexity index is 840. The number of hydrogen-bond donors (Lipinski definition) is 0. The van der Waals surface area contributed by atoms with Crippen LogP contribution in [0.25, 0.3) is 5.78 Å². The molecule has 8 heteroatoms. The summed E-state index contributed by atoms with van der Waals surface area (Å²) in [6, 6.07) is 5.15. The molecule has 0 amide bonds. The van der Waals surface area contributed by atoms with Crippen molar-refractivity contribution >= 4 is 17.5 Å². The molecule has 4 nitrogen and oxygen atoms in total. The van der Waals surface area contributed by atoms with Crippen molar-refractivity contribution in [3.8, 4) is 0 Å². The van der Waals surface area contributed by atoms with Crippen LogP contribution in [-0.4, -0.2) is 19.6 Å². The van der Waals surface area contributed by atoms with Gasteiger partial charge in [-0.3, -0.25) is 4.40 Å². The third-order valence-electron chi connectivity index (χ3n) is 3.55. The van der Waals surface area contributed by atoms with Crippen molar-refractivity contribution in [2.24, 2.45) is 0 Å². The lowest BCUT2D eigenvalue weighted by molar-refractivity contribution is -0.137. The maximum atomic E-state index is 12.6. The molecule has 2 heterocycles. The van der Waals surface area contributed by atoms with Crippen molar-refractivity contribution in [1.29, 1.82) is 0 Å². The smallest absolute Gasteiger partial charge is 0.258 e. The molecule has 0 aliphatic heterocycles. The summed E-state index contributed by atoms with van der Waals surface area (Å²) in [4.78, 5) is 4.21. The van der Waals surface area contributed by atoms with Gasteiger partial charge in [0.25, 0.3) is 5.78 Å². The molecule has 23 heavy (non-hydrogen) atoms. The van der Waals surface area contributed by atoms with Gasteiger partial charge in [-0.15, -0.1) is 10.2 Å². The minimum Gasteiger partial charge on any atom is -0.258 e. The molecule has 2 aromatic heterocycles. The monoisotopic (exact) mass is 338 g/mol. The summed E-state index contributed by atoms with van der Waals surface area (Å²) in [6.45, 7) is 3.90. The SMILES string of the molecule is Cc1cnc2nnc(SCc3ccc(C(F)(F)F)cc3)n2c1C. The topological polar surface area (TPSA) is 43.1 Å². The Labute approximate surface area is 134 Å². The zero-order chi connectivity index (χ0) is 16.6. The molecule has 0 saturated heterocycles. The number of nitrogens with zero attached hydrogens (tertiary/aromatic N) is 4. The van der Waals surface area contributed by atoms with E-state index in [-0.39, 0.29) is 0 Å². The maximum absolute atomic E-state index is 12.6. The minimum atomic E-state index is -4.31. The van der Waals surface area contributed by atoms with Crippen LogP contribution in [0.4, 0.5) is 13.2 Å².